The molecule has 2 aromatic rings. The number of methoxy groups -OCH3 is 1. The fourth-order valence-corrected chi connectivity index (χ4v) is 1.33. The Bertz CT molecular complexity index is 508. The summed E-state index contributed by atoms with van der Waals surface area (Å²) in [7, 11) is 1.46. The summed E-state index contributed by atoms with van der Waals surface area (Å²) in [6.45, 7) is 0. The zero-order valence-electron chi connectivity index (χ0n) is 8.41. The van der Waals surface area contributed by atoms with E-state index in [4.69, 9.17) is 9.15 Å². The predicted molar refractivity (Wildman–Crippen MR) is 55.1 cm³/mol. The Kier molecular flexibility index (Phi) is 2.55. The number of hydrogen-bond donors (Lipinski definition) is 0. The van der Waals surface area contributed by atoms with Crippen molar-refractivity contribution in [2.75, 3.05) is 7.11 Å². The van der Waals surface area contributed by atoms with E-state index in [0.29, 0.717) is 17.0 Å². The minimum atomic E-state index is -0.504. The van der Waals surface area contributed by atoms with Crippen molar-refractivity contribution in [1.82, 2.24) is 4.98 Å². The van der Waals surface area contributed by atoms with Crippen LogP contribution >= 0.6 is 0 Å². The highest BCUT2D eigenvalue weighted by Gasteiger charge is 2.14. The average Bonchev–Trinajstić information content (AvgIpc) is 2.81. The minimum Gasteiger partial charge on any atom is -0.481 e. The fraction of sp³-hybridized carbons (Fsp3) is 0.100. The molecule has 0 aliphatic heterocycles. The van der Waals surface area contributed by atoms with Crippen molar-refractivity contribution in [2.24, 2.45) is 0 Å². The van der Waals surface area contributed by atoms with Gasteiger partial charge in [0.05, 0.1) is 30.1 Å². The zero-order valence-corrected chi connectivity index (χ0v) is 8.41. The van der Waals surface area contributed by atoms with Crippen molar-refractivity contribution in [3.63, 3.8) is 0 Å². The topological polar surface area (TPSA) is 78.4 Å². The van der Waals surface area contributed by atoms with Crippen molar-refractivity contribution < 1.29 is 14.1 Å². The lowest BCUT2D eigenvalue weighted by Crippen LogP contribution is -1.94. The lowest BCUT2D eigenvalue weighted by atomic mass is 10.1. The van der Waals surface area contributed by atoms with Gasteiger partial charge in [-0.25, -0.2) is 4.98 Å². The zero-order chi connectivity index (χ0) is 11.5. The molecule has 0 spiro atoms. The SMILES string of the molecule is COc1ncc([N+](=O)[O-])cc1-c1ccoc1. The van der Waals surface area contributed by atoms with Crippen LogP contribution in [0.2, 0.25) is 0 Å². The molecule has 0 amide bonds. The highest BCUT2D eigenvalue weighted by atomic mass is 16.6. The highest BCUT2D eigenvalue weighted by Crippen LogP contribution is 2.31. The Morgan fingerprint density at radius 1 is 1.56 bits per heavy atom. The Hall–Kier alpha value is -2.37. The Balaban J connectivity index is 2.56. The summed E-state index contributed by atoms with van der Waals surface area (Å²) in [6, 6.07) is 3.08. The standard InChI is InChI=1S/C10H8N2O4/c1-15-10-9(7-2-3-16-6-7)4-8(5-11-10)12(13)14/h2-6H,1H3. The summed E-state index contributed by atoms with van der Waals surface area (Å²) in [5, 5.41) is 10.6. The van der Waals surface area contributed by atoms with Gasteiger partial charge in [-0.05, 0) is 6.07 Å². The number of pyridine rings is 1. The first kappa shape index (κ1) is 10.2. The number of nitro groups is 1. The van der Waals surface area contributed by atoms with E-state index in [9.17, 15) is 10.1 Å². The van der Waals surface area contributed by atoms with Crippen molar-refractivity contribution in [3.8, 4) is 17.0 Å². The average molecular weight is 220 g/mol. The summed E-state index contributed by atoms with van der Waals surface area (Å²) in [6.07, 6.45) is 4.11. The lowest BCUT2D eigenvalue weighted by Gasteiger charge is -2.04. The van der Waals surface area contributed by atoms with Crippen LogP contribution in [0.4, 0.5) is 5.69 Å². The Morgan fingerprint density at radius 2 is 2.38 bits per heavy atom. The van der Waals surface area contributed by atoms with Gasteiger partial charge in [0.1, 0.15) is 6.20 Å². The van der Waals surface area contributed by atoms with E-state index in [1.54, 1.807) is 6.07 Å². The number of nitrogens with zero attached hydrogens (tertiary/aromatic N) is 2. The molecule has 0 radical (unpaired) electrons. The second kappa shape index (κ2) is 4.01. The minimum absolute atomic E-state index is 0.0861. The van der Waals surface area contributed by atoms with Gasteiger partial charge in [0.25, 0.3) is 5.69 Å². The molecule has 0 unspecified atom stereocenters. The third-order valence-corrected chi connectivity index (χ3v) is 2.07. The number of hydrogen-bond acceptors (Lipinski definition) is 5. The van der Waals surface area contributed by atoms with Crippen molar-refractivity contribution in [2.45, 2.75) is 0 Å². The molecule has 6 heteroatoms. The van der Waals surface area contributed by atoms with Crippen LogP contribution in [0.1, 0.15) is 0 Å². The molecular weight excluding hydrogens is 212 g/mol. The Morgan fingerprint density at radius 3 is 2.94 bits per heavy atom. The van der Waals surface area contributed by atoms with Gasteiger partial charge >= 0.3 is 0 Å². The molecule has 0 bridgehead atoms. The van der Waals surface area contributed by atoms with E-state index >= 15 is 0 Å². The third kappa shape index (κ3) is 1.72. The maximum atomic E-state index is 10.6. The number of aromatic nitrogens is 1. The summed E-state index contributed by atoms with van der Waals surface area (Å²) in [5.41, 5.74) is 1.13. The van der Waals surface area contributed by atoms with Gasteiger partial charge in [-0.1, -0.05) is 0 Å². The van der Waals surface area contributed by atoms with Crippen LogP contribution in [0.25, 0.3) is 11.1 Å². The van der Waals surface area contributed by atoms with Crippen LogP contribution in [-0.2, 0) is 0 Å². The monoisotopic (exact) mass is 220 g/mol. The summed E-state index contributed by atoms with van der Waals surface area (Å²) < 4.78 is 9.94. The first-order valence-electron chi connectivity index (χ1n) is 4.43. The molecule has 0 saturated heterocycles. The van der Waals surface area contributed by atoms with Crippen LogP contribution in [-0.4, -0.2) is 17.0 Å². The largest absolute Gasteiger partial charge is 0.481 e. The molecule has 6 nitrogen and oxygen atoms in total. The maximum Gasteiger partial charge on any atom is 0.288 e. The summed E-state index contributed by atoms with van der Waals surface area (Å²) in [5.74, 6) is 0.326. The van der Waals surface area contributed by atoms with Gasteiger partial charge < -0.3 is 9.15 Å². The molecule has 0 atom stereocenters. The van der Waals surface area contributed by atoms with Gasteiger partial charge in [0.2, 0.25) is 5.88 Å². The summed E-state index contributed by atoms with van der Waals surface area (Å²) >= 11 is 0. The van der Waals surface area contributed by atoms with E-state index in [-0.39, 0.29) is 5.69 Å². The van der Waals surface area contributed by atoms with Gasteiger partial charge in [0, 0.05) is 11.6 Å². The Labute approximate surface area is 90.6 Å². The number of furan rings is 1. The molecule has 0 aliphatic carbocycles. The molecule has 2 aromatic heterocycles. The van der Waals surface area contributed by atoms with Crippen LogP contribution in [0.5, 0.6) is 5.88 Å². The van der Waals surface area contributed by atoms with E-state index in [1.807, 2.05) is 0 Å². The smallest absolute Gasteiger partial charge is 0.288 e. The predicted octanol–water partition coefficient (Wildman–Crippen LogP) is 2.26. The molecular formula is C10H8N2O4. The summed E-state index contributed by atoms with van der Waals surface area (Å²) in [4.78, 5) is 14.0. The second-order valence-electron chi connectivity index (χ2n) is 3.02. The molecule has 0 fully saturated rings. The van der Waals surface area contributed by atoms with E-state index in [0.717, 1.165) is 6.20 Å². The van der Waals surface area contributed by atoms with Crippen LogP contribution in [0, 0.1) is 10.1 Å². The van der Waals surface area contributed by atoms with Gasteiger partial charge in [-0.3, -0.25) is 10.1 Å². The van der Waals surface area contributed by atoms with Gasteiger partial charge in [0.15, 0.2) is 0 Å². The molecule has 0 aliphatic rings. The molecule has 2 heterocycles. The maximum absolute atomic E-state index is 10.6. The molecule has 2 rings (SSSR count). The van der Waals surface area contributed by atoms with E-state index in [1.165, 1.54) is 25.7 Å². The lowest BCUT2D eigenvalue weighted by molar-refractivity contribution is -0.385. The number of rotatable bonds is 3. The quantitative estimate of drug-likeness (QED) is 0.585. The first-order valence-corrected chi connectivity index (χ1v) is 4.43. The van der Waals surface area contributed by atoms with Crippen molar-refractivity contribution in [1.29, 1.82) is 0 Å². The van der Waals surface area contributed by atoms with Crippen molar-refractivity contribution >= 4 is 5.69 Å². The van der Waals surface area contributed by atoms with E-state index < -0.39 is 4.92 Å². The van der Waals surface area contributed by atoms with Gasteiger partial charge in [-0.15, -0.1) is 0 Å². The third-order valence-electron chi connectivity index (χ3n) is 2.07. The number of ether oxygens (including phenoxy) is 1. The van der Waals surface area contributed by atoms with Gasteiger partial charge in [-0.2, -0.15) is 0 Å². The van der Waals surface area contributed by atoms with Crippen molar-refractivity contribution in [3.05, 3.63) is 41.0 Å². The van der Waals surface area contributed by atoms with E-state index in [2.05, 4.69) is 4.98 Å². The second-order valence-corrected chi connectivity index (χ2v) is 3.02. The highest BCUT2D eigenvalue weighted by molar-refractivity contribution is 5.69. The normalized spacial score (nSPS) is 10.1. The fourth-order valence-electron chi connectivity index (χ4n) is 1.33. The molecule has 16 heavy (non-hydrogen) atoms. The molecule has 0 saturated carbocycles. The van der Waals surface area contributed by atoms with Crippen LogP contribution in [0.3, 0.4) is 0 Å². The molecule has 0 N–H and O–H groups in total. The molecule has 82 valence electrons. The van der Waals surface area contributed by atoms with Crippen LogP contribution in [0.15, 0.2) is 35.3 Å². The first-order chi connectivity index (χ1) is 7.72. The molecule has 0 aromatic carbocycles. The van der Waals surface area contributed by atoms with Crippen LogP contribution < -0.4 is 4.74 Å².